The van der Waals surface area contributed by atoms with Gasteiger partial charge in [0, 0.05) is 18.3 Å². The van der Waals surface area contributed by atoms with E-state index < -0.39 is 0 Å². The number of hydrogen-bond acceptors (Lipinski definition) is 4. The highest BCUT2D eigenvalue weighted by atomic mass is 32.2. The second kappa shape index (κ2) is 7.43. The molecule has 0 saturated heterocycles. The van der Waals surface area contributed by atoms with Crippen molar-refractivity contribution in [2.75, 3.05) is 11.4 Å². The Morgan fingerprint density at radius 2 is 1.79 bits per heavy atom. The maximum absolute atomic E-state index is 13.1. The Kier molecular flexibility index (Phi) is 4.98. The number of carbonyl (C=O) groups excluding carboxylic acids is 1. The largest absolute Gasteiger partial charge is 0.311 e. The number of thioether (sulfide) groups is 1. The van der Waals surface area contributed by atoms with Crippen molar-refractivity contribution in [1.29, 1.82) is 0 Å². The average molecular weight is 394 g/mol. The van der Waals surface area contributed by atoms with Crippen LogP contribution in [0.2, 0.25) is 0 Å². The lowest BCUT2D eigenvalue weighted by Crippen LogP contribution is -2.36. The van der Waals surface area contributed by atoms with Gasteiger partial charge in [-0.15, -0.1) is 0 Å². The molecule has 0 aliphatic carbocycles. The number of amides is 1. The summed E-state index contributed by atoms with van der Waals surface area (Å²) in [6, 6.07) is 15.4. The summed E-state index contributed by atoms with van der Waals surface area (Å²) < 4.78 is 1.69. The molecule has 3 aromatic rings. The molecule has 28 heavy (non-hydrogen) atoms. The van der Waals surface area contributed by atoms with Crippen molar-refractivity contribution in [3.63, 3.8) is 0 Å². The van der Waals surface area contributed by atoms with Crippen molar-refractivity contribution >= 4 is 34.3 Å². The average Bonchev–Trinajstić information content (AvgIpc) is 3.11. The van der Waals surface area contributed by atoms with E-state index >= 15 is 0 Å². The Morgan fingerprint density at radius 3 is 2.57 bits per heavy atom. The Balaban J connectivity index is 1.67. The van der Waals surface area contributed by atoms with Gasteiger partial charge in [0.25, 0.3) is 5.56 Å². The van der Waals surface area contributed by atoms with Crippen LogP contribution in [0.1, 0.15) is 32.4 Å². The molecule has 1 atom stereocenters. The maximum Gasteiger partial charge on any atom is 0.262 e. The smallest absolute Gasteiger partial charge is 0.262 e. The SMILES string of the molecule is CC(C)n1c(S[C@@H](C)C(=O)N2CCc3ccccc32)nc2ccccc2c1=O. The zero-order valence-electron chi connectivity index (χ0n) is 16.3. The highest BCUT2D eigenvalue weighted by molar-refractivity contribution is 8.00. The van der Waals surface area contributed by atoms with Crippen LogP contribution >= 0.6 is 11.8 Å². The number of para-hydroxylation sites is 2. The Morgan fingerprint density at radius 1 is 1.07 bits per heavy atom. The van der Waals surface area contributed by atoms with Crippen molar-refractivity contribution in [1.82, 2.24) is 9.55 Å². The van der Waals surface area contributed by atoms with Gasteiger partial charge in [-0.1, -0.05) is 42.1 Å². The summed E-state index contributed by atoms with van der Waals surface area (Å²) in [6.45, 7) is 6.52. The molecular weight excluding hydrogens is 370 g/mol. The van der Waals surface area contributed by atoms with Crippen LogP contribution in [-0.4, -0.2) is 27.3 Å². The van der Waals surface area contributed by atoms with Crippen molar-refractivity contribution < 1.29 is 4.79 Å². The van der Waals surface area contributed by atoms with E-state index in [-0.39, 0.29) is 22.8 Å². The Hall–Kier alpha value is -2.60. The summed E-state index contributed by atoms with van der Waals surface area (Å²) in [5.74, 6) is 0.0488. The monoisotopic (exact) mass is 393 g/mol. The van der Waals surface area contributed by atoms with E-state index in [2.05, 4.69) is 6.07 Å². The van der Waals surface area contributed by atoms with Crippen LogP contribution in [0.25, 0.3) is 10.9 Å². The molecule has 0 bridgehead atoms. The summed E-state index contributed by atoms with van der Waals surface area (Å²) >= 11 is 1.36. The summed E-state index contributed by atoms with van der Waals surface area (Å²) in [5, 5.41) is 0.851. The van der Waals surface area contributed by atoms with Gasteiger partial charge in [0.1, 0.15) is 0 Å². The summed E-state index contributed by atoms with van der Waals surface area (Å²) in [6.07, 6.45) is 0.879. The van der Waals surface area contributed by atoms with Gasteiger partial charge < -0.3 is 4.90 Å². The van der Waals surface area contributed by atoms with Gasteiger partial charge in [-0.2, -0.15) is 0 Å². The van der Waals surface area contributed by atoms with Gasteiger partial charge >= 0.3 is 0 Å². The van der Waals surface area contributed by atoms with Crippen molar-refractivity contribution in [2.24, 2.45) is 0 Å². The lowest BCUT2D eigenvalue weighted by molar-refractivity contribution is -0.117. The fourth-order valence-corrected chi connectivity index (χ4v) is 4.76. The Labute approximate surface area is 168 Å². The molecule has 0 N–H and O–H groups in total. The van der Waals surface area contributed by atoms with E-state index in [9.17, 15) is 9.59 Å². The zero-order valence-corrected chi connectivity index (χ0v) is 17.1. The number of aromatic nitrogens is 2. The maximum atomic E-state index is 13.1. The molecule has 0 saturated carbocycles. The number of benzene rings is 2. The molecule has 6 heteroatoms. The van der Waals surface area contributed by atoms with Crippen LogP contribution in [0.15, 0.2) is 58.5 Å². The molecule has 2 heterocycles. The Bertz CT molecular complexity index is 1110. The quantitative estimate of drug-likeness (QED) is 0.496. The number of hydrogen-bond donors (Lipinski definition) is 0. The second-order valence-corrected chi connectivity index (χ2v) is 8.62. The van der Waals surface area contributed by atoms with Gasteiger partial charge in [0.05, 0.1) is 16.2 Å². The predicted molar refractivity (Wildman–Crippen MR) is 114 cm³/mol. The van der Waals surface area contributed by atoms with Gasteiger partial charge in [-0.3, -0.25) is 14.2 Å². The fraction of sp³-hybridized carbons (Fsp3) is 0.318. The molecule has 1 aromatic heterocycles. The minimum absolute atomic E-state index is 0.0399. The van der Waals surface area contributed by atoms with Crippen molar-refractivity contribution in [2.45, 2.75) is 43.6 Å². The summed E-state index contributed by atoms with van der Waals surface area (Å²) in [5.41, 5.74) is 2.80. The minimum atomic E-state index is -0.343. The first-order valence-electron chi connectivity index (χ1n) is 9.54. The lowest BCUT2D eigenvalue weighted by Gasteiger charge is -2.23. The first-order valence-corrected chi connectivity index (χ1v) is 10.4. The highest BCUT2D eigenvalue weighted by Crippen LogP contribution is 2.31. The summed E-state index contributed by atoms with van der Waals surface area (Å²) in [4.78, 5) is 32.7. The van der Waals surface area contributed by atoms with E-state index in [1.807, 2.05) is 62.1 Å². The molecule has 1 aliphatic heterocycles. The lowest BCUT2D eigenvalue weighted by atomic mass is 10.2. The van der Waals surface area contributed by atoms with Crippen LogP contribution in [0.3, 0.4) is 0 Å². The molecule has 1 aliphatic rings. The number of rotatable bonds is 4. The van der Waals surface area contributed by atoms with Crippen LogP contribution in [0, 0.1) is 0 Å². The normalized spacial score (nSPS) is 14.5. The predicted octanol–water partition coefficient (Wildman–Crippen LogP) is 4.05. The number of anilines is 1. The van der Waals surface area contributed by atoms with Crippen molar-refractivity contribution in [3.8, 4) is 0 Å². The molecule has 5 nitrogen and oxygen atoms in total. The van der Waals surface area contributed by atoms with Gasteiger partial charge in [-0.25, -0.2) is 4.98 Å². The van der Waals surface area contributed by atoms with E-state index in [0.29, 0.717) is 22.6 Å². The fourth-order valence-electron chi connectivity index (χ4n) is 3.66. The second-order valence-electron chi connectivity index (χ2n) is 7.31. The third-order valence-electron chi connectivity index (χ3n) is 5.07. The molecule has 4 rings (SSSR count). The molecule has 0 fully saturated rings. The number of carbonyl (C=O) groups is 1. The van der Waals surface area contributed by atoms with E-state index in [4.69, 9.17) is 4.98 Å². The van der Waals surface area contributed by atoms with E-state index in [1.54, 1.807) is 10.6 Å². The molecule has 1 amide bonds. The highest BCUT2D eigenvalue weighted by Gasteiger charge is 2.29. The molecule has 0 spiro atoms. The molecular formula is C22H23N3O2S. The third kappa shape index (κ3) is 3.22. The standard InChI is InChI=1S/C22H23N3O2S/c1-14(2)25-21(27)17-9-5-6-10-18(17)23-22(25)28-15(3)20(26)24-13-12-16-8-4-7-11-19(16)24/h4-11,14-15H,12-13H2,1-3H3/t15-/m0/s1. The molecule has 144 valence electrons. The number of fused-ring (bicyclic) bond motifs is 2. The third-order valence-corrected chi connectivity index (χ3v) is 6.13. The van der Waals surface area contributed by atoms with Gasteiger partial charge in [0.15, 0.2) is 5.16 Å². The van der Waals surface area contributed by atoms with Crippen molar-refractivity contribution in [3.05, 3.63) is 64.4 Å². The summed E-state index contributed by atoms with van der Waals surface area (Å²) in [7, 11) is 0. The molecule has 0 unspecified atom stereocenters. The van der Waals surface area contributed by atoms with Gasteiger partial charge in [-0.05, 0) is 51.0 Å². The topological polar surface area (TPSA) is 55.2 Å². The molecule has 2 aromatic carbocycles. The van der Waals surface area contributed by atoms with Gasteiger partial charge in [0.2, 0.25) is 5.91 Å². The zero-order chi connectivity index (χ0) is 19.8. The first-order chi connectivity index (χ1) is 13.5. The van der Waals surface area contributed by atoms with E-state index in [0.717, 1.165) is 12.1 Å². The van der Waals surface area contributed by atoms with Crippen LogP contribution < -0.4 is 10.5 Å². The first kappa shape index (κ1) is 18.7. The van der Waals surface area contributed by atoms with Crippen LogP contribution in [-0.2, 0) is 11.2 Å². The van der Waals surface area contributed by atoms with E-state index in [1.165, 1.54) is 17.3 Å². The van der Waals surface area contributed by atoms with Crippen LogP contribution in [0.4, 0.5) is 5.69 Å². The number of nitrogens with zero attached hydrogens (tertiary/aromatic N) is 3. The molecule has 0 radical (unpaired) electrons. The minimum Gasteiger partial charge on any atom is -0.311 e. The van der Waals surface area contributed by atoms with Crippen LogP contribution in [0.5, 0.6) is 0 Å².